The molecule has 3 aromatic rings. The Bertz CT molecular complexity index is 1090. The minimum atomic E-state index is -0.566. The van der Waals surface area contributed by atoms with Gasteiger partial charge in [-0.3, -0.25) is 9.48 Å². The van der Waals surface area contributed by atoms with E-state index in [1.165, 1.54) is 18.2 Å². The van der Waals surface area contributed by atoms with Gasteiger partial charge >= 0.3 is 0 Å². The van der Waals surface area contributed by atoms with Crippen molar-refractivity contribution in [3.8, 4) is 17.0 Å². The van der Waals surface area contributed by atoms with Gasteiger partial charge in [0.15, 0.2) is 0 Å². The van der Waals surface area contributed by atoms with Crippen molar-refractivity contribution in [2.75, 3.05) is 11.9 Å². The van der Waals surface area contributed by atoms with E-state index >= 15 is 0 Å². The summed E-state index contributed by atoms with van der Waals surface area (Å²) in [5, 5.41) is 10.5. The number of aryl methyl sites for hydroxylation is 1. The van der Waals surface area contributed by atoms with Gasteiger partial charge in [-0.1, -0.05) is 11.6 Å². The molecule has 0 radical (unpaired) electrons. The van der Waals surface area contributed by atoms with Gasteiger partial charge in [-0.25, -0.2) is 4.39 Å². The first-order valence-corrected chi connectivity index (χ1v) is 10.6. The fourth-order valence-electron chi connectivity index (χ4n) is 3.78. The van der Waals surface area contributed by atoms with Crippen LogP contribution in [0.5, 0.6) is 5.75 Å². The van der Waals surface area contributed by atoms with Crippen LogP contribution in [0.3, 0.4) is 0 Å². The number of hydrogen-bond donors (Lipinski definition) is 2. The number of amides is 1. The van der Waals surface area contributed by atoms with Crippen LogP contribution in [0.4, 0.5) is 10.1 Å². The summed E-state index contributed by atoms with van der Waals surface area (Å²) in [6, 6.07) is 11.6. The van der Waals surface area contributed by atoms with E-state index < -0.39 is 5.82 Å². The largest absolute Gasteiger partial charge is 0.488 e. The number of ether oxygens (including phenoxy) is 1. The molecule has 2 atom stereocenters. The molecule has 1 aliphatic rings. The lowest BCUT2D eigenvalue weighted by molar-refractivity contribution is 0.102. The Labute approximate surface area is 185 Å². The number of benzene rings is 2. The van der Waals surface area contributed by atoms with Crippen LogP contribution in [0.15, 0.2) is 48.7 Å². The van der Waals surface area contributed by atoms with Gasteiger partial charge in [0.1, 0.15) is 17.7 Å². The molecule has 4 rings (SSSR count). The summed E-state index contributed by atoms with van der Waals surface area (Å²) in [7, 11) is 1.85. The van der Waals surface area contributed by atoms with E-state index in [4.69, 9.17) is 16.3 Å². The molecule has 1 fully saturated rings. The van der Waals surface area contributed by atoms with Gasteiger partial charge in [0, 0.05) is 36.1 Å². The van der Waals surface area contributed by atoms with Gasteiger partial charge in [-0.2, -0.15) is 5.10 Å². The first-order chi connectivity index (χ1) is 14.9. The number of aromatic nitrogens is 2. The van der Waals surface area contributed by atoms with Crippen molar-refractivity contribution < 1.29 is 13.9 Å². The molecule has 1 saturated heterocycles. The van der Waals surface area contributed by atoms with Crippen LogP contribution in [0, 0.1) is 5.82 Å². The zero-order valence-corrected chi connectivity index (χ0v) is 18.1. The van der Waals surface area contributed by atoms with Gasteiger partial charge in [-0.15, -0.1) is 0 Å². The highest BCUT2D eigenvalue weighted by Gasteiger charge is 2.24. The van der Waals surface area contributed by atoms with E-state index in [9.17, 15) is 9.18 Å². The molecule has 162 valence electrons. The molecule has 2 heterocycles. The van der Waals surface area contributed by atoms with Crippen LogP contribution in [-0.4, -0.2) is 34.4 Å². The second kappa shape index (κ2) is 9.08. The first kappa shape index (κ1) is 21.3. The third-order valence-corrected chi connectivity index (χ3v) is 5.78. The van der Waals surface area contributed by atoms with Crippen LogP contribution in [0.1, 0.15) is 30.1 Å². The van der Waals surface area contributed by atoms with Crippen molar-refractivity contribution in [2.24, 2.45) is 7.05 Å². The Kier molecular flexibility index (Phi) is 6.25. The van der Waals surface area contributed by atoms with Crippen molar-refractivity contribution in [1.82, 2.24) is 15.1 Å². The van der Waals surface area contributed by atoms with E-state index in [1.54, 1.807) is 16.9 Å². The molecule has 0 aliphatic carbocycles. The lowest BCUT2D eigenvalue weighted by atomic mass is 10.1. The number of nitrogens with one attached hydrogen (secondary N) is 2. The SMILES string of the molecule is C[C@H](Oc1ccc(NC(=O)c2ccc(F)c(Cl)c2)cc1-c1ccnn1C)C1CCCN1. The standard InChI is InChI=1S/C23H24ClFN4O2/c1-14(20-4-3-10-26-20)31-22-8-6-16(13-17(22)21-9-11-27-29(21)2)28-23(30)15-5-7-19(25)18(24)12-15/h5-9,11-14,20,26H,3-4,10H2,1-2H3,(H,28,30)/t14-,20?/m0/s1. The Hall–Kier alpha value is -2.90. The third-order valence-electron chi connectivity index (χ3n) is 5.49. The molecule has 0 bridgehead atoms. The number of carbonyl (C=O) groups excluding carboxylic acids is 1. The number of rotatable bonds is 6. The van der Waals surface area contributed by atoms with E-state index in [0.29, 0.717) is 17.5 Å². The average Bonchev–Trinajstić information content (AvgIpc) is 3.43. The number of halogens is 2. The summed E-state index contributed by atoms with van der Waals surface area (Å²) < 4.78 is 21.5. The van der Waals surface area contributed by atoms with Gasteiger partial charge in [0.25, 0.3) is 5.91 Å². The van der Waals surface area contributed by atoms with Crippen molar-refractivity contribution >= 4 is 23.2 Å². The van der Waals surface area contributed by atoms with Crippen LogP contribution in [0.25, 0.3) is 11.3 Å². The molecule has 0 saturated carbocycles. The van der Waals surface area contributed by atoms with Crippen LogP contribution in [0.2, 0.25) is 5.02 Å². The zero-order chi connectivity index (χ0) is 22.0. The monoisotopic (exact) mass is 442 g/mol. The normalized spacial score (nSPS) is 16.8. The fraction of sp³-hybridized carbons (Fsp3) is 0.304. The number of hydrogen-bond acceptors (Lipinski definition) is 4. The molecule has 1 amide bonds. The molecule has 1 aromatic heterocycles. The van der Waals surface area contributed by atoms with E-state index in [2.05, 4.69) is 22.7 Å². The second-order valence-electron chi connectivity index (χ2n) is 7.66. The van der Waals surface area contributed by atoms with E-state index in [-0.39, 0.29) is 22.6 Å². The summed E-state index contributed by atoms with van der Waals surface area (Å²) in [5.41, 5.74) is 2.54. The Balaban J connectivity index is 1.61. The Morgan fingerprint density at radius 3 is 2.84 bits per heavy atom. The molecule has 1 aliphatic heterocycles. The van der Waals surface area contributed by atoms with Crippen molar-refractivity contribution in [2.45, 2.75) is 31.9 Å². The molecule has 2 aromatic carbocycles. The maximum Gasteiger partial charge on any atom is 0.255 e. The van der Waals surface area contributed by atoms with E-state index in [1.807, 2.05) is 25.2 Å². The molecule has 31 heavy (non-hydrogen) atoms. The minimum Gasteiger partial charge on any atom is -0.488 e. The van der Waals surface area contributed by atoms with Crippen molar-refractivity contribution in [1.29, 1.82) is 0 Å². The van der Waals surface area contributed by atoms with Gasteiger partial charge in [0.2, 0.25) is 0 Å². The molecule has 6 nitrogen and oxygen atoms in total. The number of anilines is 1. The Morgan fingerprint density at radius 2 is 2.16 bits per heavy atom. The quantitative estimate of drug-likeness (QED) is 0.583. The lowest BCUT2D eigenvalue weighted by Crippen LogP contribution is -2.36. The van der Waals surface area contributed by atoms with Crippen LogP contribution >= 0.6 is 11.6 Å². The van der Waals surface area contributed by atoms with Crippen molar-refractivity contribution in [3.05, 3.63) is 65.1 Å². The van der Waals surface area contributed by atoms with Crippen LogP contribution < -0.4 is 15.4 Å². The highest BCUT2D eigenvalue weighted by atomic mass is 35.5. The highest BCUT2D eigenvalue weighted by molar-refractivity contribution is 6.31. The van der Waals surface area contributed by atoms with Gasteiger partial charge in [0.05, 0.1) is 10.7 Å². The van der Waals surface area contributed by atoms with Gasteiger partial charge < -0.3 is 15.4 Å². The Morgan fingerprint density at radius 1 is 1.32 bits per heavy atom. The molecule has 8 heteroatoms. The summed E-state index contributed by atoms with van der Waals surface area (Å²) in [6.07, 6.45) is 3.94. The molecule has 0 spiro atoms. The molecule has 2 N–H and O–H groups in total. The summed E-state index contributed by atoms with van der Waals surface area (Å²) in [5.74, 6) is -0.230. The predicted octanol–water partition coefficient (Wildman–Crippen LogP) is 4.65. The average molecular weight is 443 g/mol. The van der Waals surface area contributed by atoms with Crippen molar-refractivity contribution in [3.63, 3.8) is 0 Å². The maximum absolute atomic E-state index is 13.4. The minimum absolute atomic E-state index is 0.00345. The smallest absolute Gasteiger partial charge is 0.255 e. The first-order valence-electron chi connectivity index (χ1n) is 10.2. The summed E-state index contributed by atoms with van der Waals surface area (Å²) in [6.45, 7) is 3.06. The third kappa shape index (κ3) is 4.73. The number of nitrogens with zero attached hydrogens (tertiary/aromatic N) is 2. The molecule has 1 unspecified atom stereocenters. The van der Waals surface area contributed by atoms with Gasteiger partial charge in [-0.05, 0) is 68.8 Å². The topological polar surface area (TPSA) is 68.2 Å². The molecular weight excluding hydrogens is 419 g/mol. The highest BCUT2D eigenvalue weighted by Crippen LogP contribution is 2.34. The second-order valence-corrected chi connectivity index (χ2v) is 8.07. The summed E-state index contributed by atoms with van der Waals surface area (Å²) in [4.78, 5) is 12.6. The lowest BCUT2D eigenvalue weighted by Gasteiger charge is -2.23. The summed E-state index contributed by atoms with van der Waals surface area (Å²) >= 11 is 5.81. The number of carbonyl (C=O) groups is 1. The van der Waals surface area contributed by atoms with E-state index in [0.717, 1.165) is 30.6 Å². The molecular formula is C23H24ClFN4O2. The fourth-order valence-corrected chi connectivity index (χ4v) is 3.96. The van der Waals surface area contributed by atoms with Crippen LogP contribution in [-0.2, 0) is 7.05 Å². The predicted molar refractivity (Wildman–Crippen MR) is 119 cm³/mol. The maximum atomic E-state index is 13.4. The zero-order valence-electron chi connectivity index (χ0n) is 17.4.